The molecule has 1 heteroatoms. The van der Waals surface area contributed by atoms with Crippen LogP contribution in [0.15, 0.2) is 0 Å². The van der Waals surface area contributed by atoms with E-state index in [1.54, 1.807) is 18.1 Å². The van der Waals surface area contributed by atoms with Gasteiger partial charge in [-0.2, -0.15) is 0 Å². The van der Waals surface area contributed by atoms with Gasteiger partial charge in [-0.15, -0.1) is 0 Å². The molecule has 0 heterocycles. The maximum atomic E-state index is 2.69. The second kappa shape index (κ2) is 3.20. The van der Waals surface area contributed by atoms with Crippen LogP contribution in [0.4, 0.5) is 0 Å². The summed E-state index contributed by atoms with van der Waals surface area (Å²) in [6.07, 6.45) is 0. The maximum absolute atomic E-state index is 2.69. The Morgan fingerprint density at radius 1 is 0.407 bits per heavy atom. The molecule has 12 atom stereocenters. The normalized spacial score (nSPS) is 86.6. The third-order valence-electron chi connectivity index (χ3n) is 16.4. The molecule has 0 aliphatic heterocycles. The van der Waals surface area contributed by atoms with Crippen molar-refractivity contribution in [2.75, 3.05) is 0 Å². The van der Waals surface area contributed by atoms with E-state index in [-0.39, 0.29) is 0 Å². The van der Waals surface area contributed by atoms with Gasteiger partial charge in [-0.3, -0.25) is 0 Å². The van der Waals surface area contributed by atoms with Crippen LogP contribution in [0.2, 0.25) is 23.2 Å². The van der Waals surface area contributed by atoms with E-state index in [1.165, 1.54) is 112 Å². The fourth-order valence-corrected chi connectivity index (χ4v) is 24.8. The van der Waals surface area contributed by atoms with Crippen molar-refractivity contribution in [1.82, 2.24) is 0 Å². The van der Waals surface area contributed by atoms with Crippen LogP contribution in [0.1, 0.15) is 20.8 Å². The summed E-state index contributed by atoms with van der Waals surface area (Å²) in [5.74, 6) is 24.9. The van der Waals surface area contributed by atoms with Gasteiger partial charge in [0.05, 0.1) is 8.07 Å². The molecule has 12 fully saturated rings. The number of hydrogen-bond acceptors (Lipinski definition) is 0. The monoisotopic (exact) mass is 374 g/mol. The Kier molecular flexibility index (Phi) is 1.60. The summed E-state index contributed by atoms with van der Waals surface area (Å²) in [5, 5.41) is 1.00. The Morgan fingerprint density at radius 3 is 0.852 bits per heavy atom. The average molecular weight is 375 g/mol. The molecule has 0 aromatic rings. The number of hydrogen-bond donors (Lipinski definition) is 0. The Morgan fingerprint density at radius 2 is 0.630 bits per heavy atom. The lowest BCUT2D eigenvalue weighted by Crippen LogP contribution is -2.53. The Bertz CT molecular complexity index is 733. The minimum absolute atomic E-state index is 1.00. The summed E-state index contributed by atoms with van der Waals surface area (Å²) < 4.78 is 0. The summed E-state index contributed by atoms with van der Waals surface area (Å²) >= 11 is 0. The summed E-state index contributed by atoms with van der Waals surface area (Å²) in [6.45, 7) is 8.07. The van der Waals surface area contributed by atoms with Crippen molar-refractivity contribution in [1.29, 1.82) is 0 Å². The molecule has 0 aromatic heterocycles. The second-order valence-corrected chi connectivity index (χ2v) is 19.6. The molecule has 0 saturated heterocycles. The zero-order valence-electron chi connectivity index (χ0n) is 17.1. The van der Waals surface area contributed by atoms with E-state index in [0.29, 0.717) is 0 Å². The van der Waals surface area contributed by atoms with Gasteiger partial charge in [0.25, 0.3) is 0 Å². The molecule has 27 heavy (non-hydrogen) atoms. The fraction of sp³-hybridized carbons (Fsp3) is 1.00. The molecule has 12 aliphatic carbocycles. The van der Waals surface area contributed by atoms with Crippen LogP contribution in [0.5, 0.6) is 0 Å². The van der Waals surface area contributed by atoms with Gasteiger partial charge in [-0.25, -0.2) is 0 Å². The topological polar surface area (TPSA) is 0 Å². The van der Waals surface area contributed by atoms with Gasteiger partial charge >= 0.3 is 0 Å². The first kappa shape index (κ1) is 13.5. The molecule has 0 spiro atoms. The molecular weight excluding hydrogens is 340 g/mol. The third-order valence-corrected chi connectivity index (χ3v) is 23.3. The van der Waals surface area contributed by atoms with Gasteiger partial charge < -0.3 is 0 Å². The Labute approximate surface area is 164 Å². The van der Waals surface area contributed by atoms with E-state index in [0.717, 1.165) is 5.04 Å². The second-order valence-electron chi connectivity index (χ2n) is 14.1. The summed E-state index contributed by atoms with van der Waals surface area (Å²) in [7, 11) is -1.16. The van der Waals surface area contributed by atoms with Gasteiger partial charge in [0.2, 0.25) is 0 Å². The van der Waals surface area contributed by atoms with Crippen molar-refractivity contribution in [3.63, 3.8) is 0 Å². The standard InChI is InChI=1S/C26H34Si/c1-4-27(5-2,6-3)26-23-17-11-8-7-9-13(11)19(23)21-15(9)16-10(7)14-12(8)18(17)24(26)20(14)22(16)25(21)26/h7-25H,4-6H2,1-3H3. The molecule has 0 radical (unpaired) electrons. The molecule has 0 bridgehead atoms. The molecule has 12 rings (SSSR count). The predicted octanol–water partition coefficient (Wildman–Crippen LogP) is 5.09. The SMILES string of the molecule is CC[Si](CC)(CC)C12C3C4C5C6C7C8C5C3C3C8C5C7C7C6C4C1C7C5C32. The van der Waals surface area contributed by atoms with Crippen LogP contribution < -0.4 is 0 Å². The first-order valence-corrected chi connectivity index (χ1v) is 15.9. The first-order valence-electron chi connectivity index (χ1n) is 13.3. The smallest absolute Gasteiger partial charge is 0.0600 e. The Balaban J connectivity index is 1.35. The maximum Gasteiger partial charge on any atom is 0.0600 e. The molecule has 12 aliphatic rings. The van der Waals surface area contributed by atoms with Crippen LogP contribution >= 0.6 is 0 Å². The molecular formula is C26H34Si. The van der Waals surface area contributed by atoms with Crippen LogP contribution in [0.25, 0.3) is 0 Å². The van der Waals surface area contributed by atoms with Crippen LogP contribution in [-0.4, -0.2) is 8.07 Å². The van der Waals surface area contributed by atoms with E-state index < -0.39 is 8.07 Å². The van der Waals surface area contributed by atoms with Gasteiger partial charge in [-0.05, 0) is 117 Å². The molecule has 142 valence electrons. The lowest BCUT2D eigenvalue weighted by Gasteiger charge is -2.53. The zero-order chi connectivity index (χ0) is 17.1. The van der Waals surface area contributed by atoms with E-state index in [2.05, 4.69) is 20.8 Å². The summed E-state index contributed by atoms with van der Waals surface area (Å²) in [4.78, 5) is 0. The highest BCUT2D eigenvalue weighted by Crippen LogP contribution is 3.07. The minimum atomic E-state index is -1.16. The fourth-order valence-electron chi connectivity index (χ4n) is 18.2. The average Bonchev–Trinajstić information content (AvgIpc) is 3.37. The van der Waals surface area contributed by atoms with Crippen LogP contribution in [0, 0.1) is 112 Å². The molecule has 12 saturated carbocycles. The lowest BCUT2D eigenvalue weighted by atomic mass is 9.77. The molecule has 0 nitrogen and oxygen atoms in total. The van der Waals surface area contributed by atoms with Crippen molar-refractivity contribution in [2.45, 2.75) is 43.9 Å². The molecule has 12 unspecified atom stereocenters. The first-order chi connectivity index (χ1) is 13.3. The highest BCUT2D eigenvalue weighted by molar-refractivity contribution is 6.83. The van der Waals surface area contributed by atoms with Gasteiger partial charge in [0.15, 0.2) is 0 Å². The van der Waals surface area contributed by atoms with E-state index in [1.807, 2.05) is 0 Å². The number of rotatable bonds is 4. The van der Waals surface area contributed by atoms with Crippen molar-refractivity contribution < 1.29 is 0 Å². The highest BCUT2D eigenvalue weighted by atomic mass is 28.3. The van der Waals surface area contributed by atoms with Gasteiger partial charge in [0, 0.05) is 0 Å². The summed E-state index contributed by atoms with van der Waals surface area (Å²) in [5.41, 5.74) is 0. The summed E-state index contributed by atoms with van der Waals surface area (Å²) in [6, 6.07) is 4.96. The molecule has 0 aromatic carbocycles. The van der Waals surface area contributed by atoms with E-state index >= 15 is 0 Å². The predicted molar refractivity (Wildman–Crippen MR) is 106 cm³/mol. The lowest BCUT2D eigenvalue weighted by molar-refractivity contribution is 0.198. The highest BCUT2D eigenvalue weighted by Gasteiger charge is 3.02. The van der Waals surface area contributed by atoms with Crippen LogP contribution in [0.3, 0.4) is 0 Å². The quantitative estimate of drug-likeness (QED) is 0.601. The van der Waals surface area contributed by atoms with E-state index in [9.17, 15) is 0 Å². The van der Waals surface area contributed by atoms with E-state index in [4.69, 9.17) is 0 Å². The van der Waals surface area contributed by atoms with Crippen molar-refractivity contribution in [3.05, 3.63) is 0 Å². The Hall–Kier alpha value is 0.217. The van der Waals surface area contributed by atoms with Crippen molar-refractivity contribution in [3.8, 4) is 0 Å². The molecule has 0 amide bonds. The molecule has 0 N–H and O–H groups in total. The zero-order valence-corrected chi connectivity index (χ0v) is 18.1. The minimum Gasteiger partial charge on any atom is -0.0678 e. The largest absolute Gasteiger partial charge is 0.0678 e. The van der Waals surface area contributed by atoms with Crippen molar-refractivity contribution >= 4 is 8.07 Å². The van der Waals surface area contributed by atoms with Crippen LogP contribution in [-0.2, 0) is 0 Å². The van der Waals surface area contributed by atoms with Gasteiger partial charge in [-0.1, -0.05) is 38.9 Å². The third kappa shape index (κ3) is 0.739. The van der Waals surface area contributed by atoms with Gasteiger partial charge in [0.1, 0.15) is 0 Å². The van der Waals surface area contributed by atoms with Crippen molar-refractivity contribution in [2.24, 2.45) is 112 Å².